The maximum atomic E-state index is 5.52. The van der Waals surface area contributed by atoms with Crippen LogP contribution in [0.1, 0.15) is 39.0 Å². The molecule has 2 saturated heterocycles. The zero-order valence-corrected chi connectivity index (χ0v) is 12.2. The summed E-state index contributed by atoms with van der Waals surface area (Å²) in [5, 5.41) is 3.48. The summed E-state index contributed by atoms with van der Waals surface area (Å²) in [7, 11) is 1.86. The number of nitrogens with one attached hydrogen (secondary N) is 1. The van der Waals surface area contributed by atoms with E-state index < -0.39 is 0 Å². The Bertz CT molecular complexity index is 233. The molecule has 2 fully saturated rings. The third-order valence-electron chi connectivity index (χ3n) is 4.85. The summed E-state index contributed by atoms with van der Waals surface area (Å²) in [6.45, 7) is 9.46. The van der Waals surface area contributed by atoms with Crippen LogP contribution in [0.2, 0.25) is 0 Å². The second-order valence-electron chi connectivity index (χ2n) is 6.33. The smallest absolute Gasteiger partial charge is 0.0531 e. The van der Waals surface area contributed by atoms with Gasteiger partial charge in [-0.15, -0.1) is 0 Å². The van der Waals surface area contributed by atoms with Crippen LogP contribution in [0.3, 0.4) is 0 Å². The van der Waals surface area contributed by atoms with Gasteiger partial charge in [0.05, 0.1) is 6.61 Å². The molecule has 3 heteroatoms. The Labute approximate surface area is 112 Å². The zero-order valence-electron chi connectivity index (χ0n) is 12.2. The number of likely N-dealkylation sites (tertiary alicyclic amines) is 1. The van der Waals surface area contributed by atoms with Gasteiger partial charge in [0.2, 0.25) is 0 Å². The van der Waals surface area contributed by atoms with Crippen LogP contribution >= 0.6 is 0 Å². The molecular weight excluding hydrogens is 224 g/mol. The van der Waals surface area contributed by atoms with E-state index in [2.05, 4.69) is 17.1 Å². The van der Waals surface area contributed by atoms with E-state index in [1.807, 2.05) is 7.11 Å². The van der Waals surface area contributed by atoms with Gasteiger partial charge in [-0.2, -0.15) is 0 Å². The van der Waals surface area contributed by atoms with Crippen molar-refractivity contribution < 1.29 is 4.74 Å². The number of hydrogen-bond acceptors (Lipinski definition) is 3. The van der Waals surface area contributed by atoms with Crippen LogP contribution in [0, 0.1) is 11.3 Å². The lowest BCUT2D eigenvalue weighted by Gasteiger charge is -2.43. The van der Waals surface area contributed by atoms with Crippen molar-refractivity contribution in [1.29, 1.82) is 0 Å². The molecule has 106 valence electrons. The molecule has 0 saturated carbocycles. The minimum absolute atomic E-state index is 0.412. The minimum atomic E-state index is 0.412. The Morgan fingerprint density at radius 1 is 1.33 bits per heavy atom. The Balaban J connectivity index is 1.91. The molecule has 0 bridgehead atoms. The summed E-state index contributed by atoms with van der Waals surface area (Å²) in [4.78, 5) is 2.71. The number of nitrogens with zero attached hydrogens (tertiary/aromatic N) is 1. The Hall–Kier alpha value is -0.120. The van der Waals surface area contributed by atoms with Crippen LogP contribution in [0.4, 0.5) is 0 Å². The van der Waals surface area contributed by atoms with Crippen molar-refractivity contribution in [2.45, 2.75) is 39.0 Å². The Kier molecular flexibility index (Phi) is 5.46. The molecule has 2 heterocycles. The topological polar surface area (TPSA) is 24.5 Å². The van der Waals surface area contributed by atoms with E-state index in [9.17, 15) is 0 Å². The van der Waals surface area contributed by atoms with Crippen LogP contribution in [0.5, 0.6) is 0 Å². The number of ether oxygens (including phenoxy) is 1. The highest BCUT2D eigenvalue weighted by atomic mass is 16.5. The molecule has 2 aliphatic heterocycles. The van der Waals surface area contributed by atoms with Crippen LogP contribution < -0.4 is 5.32 Å². The maximum absolute atomic E-state index is 5.52. The molecule has 0 spiro atoms. The summed E-state index contributed by atoms with van der Waals surface area (Å²) in [5.41, 5.74) is 0.412. The van der Waals surface area contributed by atoms with E-state index in [0.717, 1.165) is 25.6 Å². The van der Waals surface area contributed by atoms with Gasteiger partial charge < -0.3 is 15.0 Å². The van der Waals surface area contributed by atoms with Gasteiger partial charge in [-0.25, -0.2) is 0 Å². The average molecular weight is 254 g/mol. The van der Waals surface area contributed by atoms with Crippen LogP contribution in [-0.2, 0) is 4.74 Å². The molecule has 18 heavy (non-hydrogen) atoms. The molecule has 0 radical (unpaired) electrons. The molecule has 1 atom stereocenters. The second kappa shape index (κ2) is 6.88. The highest BCUT2D eigenvalue weighted by Gasteiger charge is 2.35. The fourth-order valence-corrected chi connectivity index (χ4v) is 3.71. The monoisotopic (exact) mass is 254 g/mol. The van der Waals surface area contributed by atoms with Gasteiger partial charge in [-0.1, -0.05) is 13.3 Å². The lowest BCUT2D eigenvalue weighted by molar-refractivity contribution is 0.0110. The van der Waals surface area contributed by atoms with Crippen LogP contribution in [-0.4, -0.2) is 51.3 Å². The van der Waals surface area contributed by atoms with E-state index in [0.29, 0.717) is 5.41 Å². The second-order valence-corrected chi connectivity index (χ2v) is 6.33. The highest BCUT2D eigenvalue weighted by molar-refractivity contribution is 4.88. The fourth-order valence-electron chi connectivity index (χ4n) is 3.71. The fraction of sp³-hybridized carbons (Fsp3) is 1.00. The van der Waals surface area contributed by atoms with Crippen LogP contribution in [0.25, 0.3) is 0 Å². The summed E-state index contributed by atoms with van der Waals surface area (Å²) in [6.07, 6.45) is 6.71. The Morgan fingerprint density at radius 3 is 2.78 bits per heavy atom. The van der Waals surface area contributed by atoms with E-state index in [-0.39, 0.29) is 0 Å². The van der Waals surface area contributed by atoms with Gasteiger partial charge >= 0.3 is 0 Å². The first-order valence-electron chi connectivity index (χ1n) is 7.70. The maximum Gasteiger partial charge on any atom is 0.0531 e. The number of hydrogen-bond donors (Lipinski definition) is 1. The van der Waals surface area contributed by atoms with Gasteiger partial charge in [-0.3, -0.25) is 0 Å². The SMILES string of the molecule is CCC1CCCN(CC2(COC)CCNCC2)C1. The normalized spacial score (nSPS) is 29.3. The summed E-state index contributed by atoms with van der Waals surface area (Å²) < 4.78 is 5.52. The summed E-state index contributed by atoms with van der Waals surface area (Å²) in [6, 6.07) is 0. The first-order valence-corrected chi connectivity index (χ1v) is 7.70. The van der Waals surface area contributed by atoms with Crippen molar-refractivity contribution in [3.63, 3.8) is 0 Å². The van der Waals surface area contributed by atoms with Gasteiger partial charge in [0.15, 0.2) is 0 Å². The molecule has 3 nitrogen and oxygen atoms in total. The molecule has 0 aliphatic carbocycles. The molecule has 1 unspecified atom stereocenters. The average Bonchev–Trinajstić information content (AvgIpc) is 2.40. The minimum Gasteiger partial charge on any atom is -0.384 e. The van der Waals surface area contributed by atoms with Crippen LogP contribution in [0.15, 0.2) is 0 Å². The van der Waals surface area contributed by atoms with Crippen molar-refractivity contribution >= 4 is 0 Å². The predicted molar refractivity (Wildman–Crippen MR) is 75.9 cm³/mol. The van der Waals surface area contributed by atoms with E-state index in [1.54, 1.807) is 0 Å². The van der Waals surface area contributed by atoms with Crippen molar-refractivity contribution in [3.05, 3.63) is 0 Å². The van der Waals surface area contributed by atoms with E-state index >= 15 is 0 Å². The standard InChI is InChI=1S/C15H30N2O/c1-3-14-5-4-10-17(11-14)12-15(13-18-2)6-8-16-9-7-15/h14,16H,3-13H2,1-2H3. The largest absolute Gasteiger partial charge is 0.384 e. The van der Waals surface area contributed by atoms with Crippen molar-refractivity contribution in [1.82, 2.24) is 10.2 Å². The van der Waals surface area contributed by atoms with E-state index in [1.165, 1.54) is 51.7 Å². The zero-order chi connectivity index (χ0) is 12.8. The molecule has 0 aromatic heterocycles. The van der Waals surface area contributed by atoms with Crippen molar-refractivity contribution in [2.24, 2.45) is 11.3 Å². The highest BCUT2D eigenvalue weighted by Crippen LogP contribution is 2.32. The molecule has 2 rings (SSSR count). The molecular formula is C15H30N2O. The molecule has 0 aromatic carbocycles. The summed E-state index contributed by atoms with van der Waals surface area (Å²) in [5.74, 6) is 0.931. The van der Waals surface area contributed by atoms with Crippen molar-refractivity contribution in [2.75, 3.05) is 46.4 Å². The quantitative estimate of drug-likeness (QED) is 0.813. The molecule has 0 amide bonds. The first-order chi connectivity index (χ1) is 8.78. The lowest BCUT2D eigenvalue weighted by atomic mass is 9.78. The van der Waals surface area contributed by atoms with Gasteiger partial charge in [0, 0.05) is 25.6 Å². The number of methoxy groups -OCH3 is 1. The number of rotatable bonds is 5. The van der Waals surface area contributed by atoms with Gasteiger partial charge in [0.1, 0.15) is 0 Å². The summed E-state index contributed by atoms with van der Waals surface area (Å²) >= 11 is 0. The lowest BCUT2D eigenvalue weighted by Crippen LogP contribution is -2.49. The molecule has 0 aromatic rings. The third-order valence-corrected chi connectivity index (χ3v) is 4.85. The molecule has 2 aliphatic rings. The predicted octanol–water partition coefficient (Wildman–Crippen LogP) is 2.12. The third kappa shape index (κ3) is 3.69. The van der Waals surface area contributed by atoms with Gasteiger partial charge in [0.25, 0.3) is 0 Å². The first kappa shape index (κ1) is 14.3. The van der Waals surface area contributed by atoms with Gasteiger partial charge in [-0.05, 0) is 51.2 Å². The van der Waals surface area contributed by atoms with E-state index in [4.69, 9.17) is 4.74 Å². The number of piperidine rings is 2. The Morgan fingerprint density at radius 2 is 2.11 bits per heavy atom. The molecule has 1 N–H and O–H groups in total. The van der Waals surface area contributed by atoms with Crippen molar-refractivity contribution in [3.8, 4) is 0 Å².